The first-order valence-corrected chi connectivity index (χ1v) is 9.22. The van der Waals surface area contributed by atoms with E-state index < -0.39 is 0 Å². The summed E-state index contributed by atoms with van der Waals surface area (Å²) in [5.74, 6) is 2.12. The van der Waals surface area contributed by atoms with Crippen molar-refractivity contribution in [1.29, 1.82) is 0 Å². The molecule has 0 aromatic heterocycles. The summed E-state index contributed by atoms with van der Waals surface area (Å²) in [6, 6.07) is 8.02. The van der Waals surface area contributed by atoms with Crippen LogP contribution in [0.15, 0.2) is 29.3 Å². The summed E-state index contributed by atoms with van der Waals surface area (Å²) in [6.45, 7) is 1.88. The molecule has 0 aliphatic heterocycles. The standard InChI is InChI=1S/C16H26ClN3S.HI/c1-18-16(19-11-5-6-13-21-2)20-12-7-9-14-8-3-4-10-15(14)17;/h3-4,8,10H,5-7,9,11-13H2,1-2H3,(H2,18,19,20);1H. The zero-order valence-electron chi connectivity index (χ0n) is 13.4. The van der Waals surface area contributed by atoms with Gasteiger partial charge in [0.05, 0.1) is 0 Å². The van der Waals surface area contributed by atoms with Crippen LogP contribution in [0.4, 0.5) is 0 Å². The lowest BCUT2D eigenvalue weighted by atomic mass is 10.1. The summed E-state index contributed by atoms with van der Waals surface area (Å²) < 4.78 is 0. The van der Waals surface area contributed by atoms with E-state index in [2.05, 4.69) is 27.9 Å². The number of rotatable bonds is 9. The molecule has 0 aliphatic rings. The molecule has 22 heavy (non-hydrogen) atoms. The number of aryl methyl sites for hydroxylation is 1. The number of nitrogens with one attached hydrogen (secondary N) is 2. The van der Waals surface area contributed by atoms with Gasteiger partial charge in [0.15, 0.2) is 5.96 Å². The van der Waals surface area contributed by atoms with Gasteiger partial charge in [0.25, 0.3) is 0 Å². The summed E-state index contributed by atoms with van der Waals surface area (Å²) in [6.07, 6.45) is 6.60. The summed E-state index contributed by atoms with van der Waals surface area (Å²) in [7, 11) is 1.81. The summed E-state index contributed by atoms with van der Waals surface area (Å²) >= 11 is 8.04. The lowest BCUT2D eigenvalue weighted by Gasteiger charge is -2.12. The van der Waals surface area contributed by atoms with Crippen molar-refractivity contribution in [2.24, 2.45) is 4.99 Å². The Bertz CT molecular complexity index is 430. The molecule has 126 valence electrons. The molecule has 3 nitrogen and oxygen atoms in total. The third-order valence-corrected chi connectivity index (χ3v) is 4.23. The minimum absolute atomic E-state index is 0. The maximum Gasteiger partial charge on any atom is 0.190 e. The smallest absolute Gasteiger partial charge is 0.190 e. The van der Waals surface area contributed by atoms with Crippen molar-refractivity contribution in [3.8, 4) is 0 Å². The molecule has 6 heteroatoms. The van der Waals surface area contributed by atoms with E-state index in [9.17, 15) is 0 Å². The van der Waals surface area contributed by atoms with Crippen LogP contribution in [-0.4, -0.2) is 38.1 Å². The normalized spacial score (nSPS) is 11.0. The van der Waals surface area contributed by atoms with E-state index in [1.807, 2.05) is 37.0 Å². The number of benzene rings is 1. The molecule has 0 amide bonds. The Morgan fingerprint density at radius 3 is 2.45 bits per heavy atom. The zero-order valence-corrected chi connectivity index (χ0v) is 17.3. The van der Waals surface area contributed by atoms with E-state index in [-0.39, 0.29) is 24.0 Å². The van der Waals surface area contributed by atoms with E-state index in [0.717, 1.165) is 36.9 Å². The molecule has 0 saturated carbocycles. The first kappa shape index (κ1) is 21.9. The minimum atomic E-state index is 0. The van der Waals surface area contributed by atoms with Crippen LogP contribution in [0.1, 0.15) is 24.8 Å². The second-order valence-electron chi connectivity index (χ2n) is 4.82. The second kappa shape index (κ2) is 14.5. The summed E-state index contributed by atoms with van der Waals surface area (Å²) in [5, 5.41) is 7.54. The molecule has 1 rings (SSSR count). The number of unbranched alkanes of at least 4 members (excludes halogenated alkanes) is 1. The quantitative estimate of drug-likeness (QED) is 0.254. The van der Waals surface area contributed by atoms with Crippen LogP contribution >= 0.6 is 47.3 Å². The van der Waals surface area contributed by atoms with Crippen LogP contribution in [-0.2, 0) is 6.42 Å². The SMILES string of the molecule is CN=C(NCCCCSC)NCCCc1ccccc1Cl.I. The van der Waals surface area contributed by atoms with Gasteiger partial charge < -0.3 is 10.6 Å². The molecule has 2 N–H and O–H groups in total. The van der Waals surface area contributed by atoms with Gasteiger partial charge in [-0.05, 0) is 49.3 Å². The number of thioether (sulfide) groups is 1. The van der Waals surface area contributed by atoms with Crippen LogP contribution in [0.2, 0.25) is 5.02 Å². The third-order valence-electron chi connectivity index (χ3n) is 3.16. The predicted octanol–water partition coefficient (Wildman–Crippen LogP) is 4.20. The molecule has 1 aromatic carbocycles. The predicted molar refractivity (Wildman–Crippen MR) is 112 cm³/mol. The number of hydrogen-bond acceptors (Lipinski definition) is 2. The molecule has 0 atom stereocenters. The average molecular weight is 456 g/mol. The largest absolute Gasteiger partial charge is 0.356 e. The Morgan fingerprint density at radius 1 is 1.14 bits per heavy atom. The topological polar surface area (TPSA) is 36.4 Å². The third kappa shape index (κ3) is 9.79. The number of hydrogen-bond donors (Lipinski definition) is 2. The minimum Gasteiger partial charge on any atom is -0.356 e. The highest BCUT2D eigenvalue weighted by molar-refractivity contribution is 14.0. The van der Waals surface area contributed by atoms with Crippen molar-refractivity contribution >= 4 is 53.3 Å². The Labute approximate surface area is 161 Å². The number of nitrogens with zero attached hydrogens (tertiary/aromatic N) is 1. The molecule has 0 bridgehead atoms. The van der Waals surface area contributed by atoms with Crippen molar-refractivity contribution in [2.75, 3.05) is 32.1 Å². The first-order chi connectivity index (χ1) is 10.3. The Hall–Kier alpha value is -0.140. The van der Waals surface area contributed by atoms with Gasteiger partial charge in [0.1, 0.15) is 0 Å². The van der Waals surface area contributed by atoms with Crippen LogP contribution in [0.3, 0.4) is 0 Å². The molecule has 1 aromatic rings. The van der Waals surface area contributed by atoms with Crippen LogP contribution in [0, 0.1) is 0 Å². The zero-order chi connectivity index (χ0) is 15.3. The summed E-state index contributed by atoms with van der Waals surface area (Å²) in [5.41, 5.74) is 1.21. The van der Waals surface area contributed by atoms with Gasteiger partial charge in [-0.3, -0.25) is 4.99 Å². The number of aliphatic imine (C=N–C) groups is 1. The monoisotopic (exact) mass is 455 g/mol. The average Bonchev–Trinajstić information content (AvgIpc) is 2.50. The Kier molecular flexibility index (Phi) is 14.4. The molecular formula is C16H27ClIN3S. The molecule has 0 saturated heterocycles. The van der Waals surface area contributed by atoms with Gasteiger partial charge in [0.2, 0.25) is 0 Å². The van der Waals surface area contributed by atoms with Crippen molar-refractivity contribution in [3.05, 3.63) is 34.9 Å². The van der Waals surface area contributed by atoms with Gasteiger partial charge in [-0.15, -0.1) is 24.0 Å². The fourth-order valence-electron chi connectivity index (χ4n) is 1.99. The maximum atomic E-state index is 6.14. The van der Waals surface area contributed by atoms with E-state index >= 15 is 0 Å². The first-order valence-electron chi connectivity index (χ1n) is 7.44. The second-order valence-corrected chi connectivity index (χ2v) is 6.21. The van der Waals surface area contributed by atoms with Gasteiger partial charge in [0, 0.05) is 25.2 Å². The van der Waals surface area contributed by atoms with Gasteiger partial charge in [-0.1, -0.05) is 29.8 Å². The van der Waals surface area contributed by atoms with Gasteiger partial charge in [-0.2, -0.15) is 11.8 Å². The van der Waals surface area contributed by atoms with E-state index in [1.54, 1.807) is 0 Å². The highest BCUT2D eigenvalue weighted by Crippen LogP contribution is 2.16. The lowest BCUT2D eigenvalue weighted by Crippen LogP contribution is -2.38. The molecule has 0 heterocycles. The van der Waals surface area contributed by atoms with Crippen molar-refractivity contribution in [1.82, 2.24) is 10.6 Å². The van der Waals surface area contributed by atoms with E-state index in [0.29, 0.717) is 0 Å². The van der Waals surface area contributed by atoms with E-state index in [4.69, 9.17) is 11.6 Å². The fourth-order valence-corrected chi connectivity index (χ4v) is 2.71. The fraction of sp³-hybridized carbons (Fsp3) is 0.562. The molecule has 0 fully saturated rings. The van der Waals surface area contributed by atoms with Gasteiger partial charge >= 0.3 is 0 Å². The maximum absolute atomic E-state index is 6.14. The van der Waals surface area contributed by atoms with Crippen LogP contribution < -0.4 is 10.6 Å². The number of guanidine groups is 1. The van der Waals surface area contributed by atoms with Crippen molar-refractivity contribution in [3.63, 3.8) is 0 Å². The number of halogens is 2. The van der Waals surface area contributed by atoms with Crippen molar-refractivity contribution < 1.29 is 0 Å². The van der Waals surface area contributed by atoms with Crippen LogP contribution in [0.5, 0.6) is 0 Å². The molecule has 0 aliphatic carbocycles. The molecular weight excluding hydrogens is 429 g/mol. The van der Waals surface area contributed by atoms with Crippen LogP contribution in [0.25, 0.3) is 0 Å². The van der Waals surface area contributed by atoms with Crippen molar-refractivity contribution in [2.45, 2.75) is 25.7 Å². The molecule has 0 unspecified atom stereocenters. The van der Waals surface area contributed by atoms with E-state index in [1.165, 1.54) is 24.2 Å². The summed E-state index contributed by atoms with van der Waals surface area (Å²) in [4.78, 5) is 4.23. The highest BCUT2D eigenvalue weighted by atomic mass is 127. The Morgan fingerprint density at radius 2 is 1.82 bits per heavy atom. The van der Waals surface area contributed by atoms with Gasteiger partial charge in [-0.25, -0.2) is 0 Å². The lowest BCUT2D eigenvalue weighted by molar-refractivity contribution is 0.713. The molecule has 0 spiro atoms. The Balaban J connectivity index is 0.00000441. The molecule has 0 radical (unpaired) electrons. The highest BCUT2D eigenvalue weighted by Gasteiger charge is 2.00.